The van der Waals surface area contributed by atoms with Crippen molar-refractivity contribution in [1.82, 2.24) is 0 Å². The summed E-state index contributed by atoms with van der Waals surface area (Å²) in [7, 11) is 0. The van der Waals surface area contributed by atoms with Crippen LogP contribution in [0.4, 0.5) is 17.1 Å². The smallest absolute Gasteiger partial charge is 0.0714 e. The molecule has 0 N–H and O–H groups in total. The number of hydrogen-bond donors (Lipinski definition) is 0. The van der Waals surface area contributed by atoms with Gasteiger partial charge in [0.2, 0.25) is 0 Å². The molecule has 0 fully saturated rings. The normalized spacial score (nSPS) is 12.8. The SMILES string of the molecule is c1ccc(C2(c3ccccc3)c3ccccc3-c3ccc(N(c4ccc(-c5ccc6c7ccccc7c7ccccc7c6c5)cc4)c4ccc(-c5cccc6c5sc5ccccc56)cc4)cc32)cc1. The molecular formula is C67H43NS. The van der Waals surface area contributed by atoms with E-state index >= 15 is 0 Å². The number of nitrogens with zero attached hydrogens (tertiary/aromatic N) is 1. The van der Waals surface area contributed by atoms with Crippen molar-refractivity contribution in [2.75, 3.05) is 4.90 Å². The molecule has 0 atom stereocenters. The first-order valence-electron chi connectivity index (χ1n) is 23.8. The highest BCUT2D eigenvalue weighted by atomic mass is 32.1. The fourth-order valence-corrected chi connectivity index (χ4v) is 12.9. The average Bonchev–Trinajstić information content (AvgIpc) is 3.96. The Labute approximate surface area is 405 Å². The first-order chi connectivity index (χ1) is 34.2. The quantitative estimate of drug-likeness (QED) is 0.144. The number of rotatable bonds is 7. The minimum Gasteiger partial charge on any atom is -0.310 e. The van der Waals surface area contributed by atoms with Crippen LogP contribution in [-0.4, -0.2) is 0 Å². The van der Waals surface area contributed by atoms with Gasteiger partial charge in [0.15, 0.2) is 0 Å². The second kappa shape index (κ2) is 15.8. The summed E-state index contributed by atoms with van der Waals surface area (Å²) < 4.78 is 2.64. The molecule has 1 nitrogen and oxygen atoms in total. The first kappa shape index (κ1) is 39.6. The summed E-state index contributed by atoms with van der Waals surface area (Å²) in [6, 6.07) is 96.8. The lowest BCUT2D eigenvalue weighted by molar-refractivity contribution is 0.768. The van der Waals surface area contributed by atoms with Crippen LogP contribution < -0.4 is 4.90 Å². The molecule has 1 aromatic heterocycles. The van der Waals surface area contributed by atoms with Crippen molar-refractivity contribution >= 4 is 80.9 Å². The lowest BCUT2D eigenvalue weighted by atomic mass is 9.67. The zero-order valence-electron chi connectivity index (χ0n) is 37.7. The predicted molar refractivity (Wildman–Crippen MR) is 295 cm³/mol. The monoisotopic (exact) mass is 893 g/mol. The molecule has 322 valence electrons. The van der Waals surface area contributed by atoms with Gasteiger partial charge in [-0.25, -0.2) is 0 Å². The van der Waals surface area contributed by atoms with Crippen LogP contribution >= 0.6 is 11.3 Å². The molecule has 1 aliphatic carbocycles. The fraction of sp³-hybridized carbons (Fsp3) is 0.0149. The second-order valence-corrected chi connectivity index (χ2v) is 19.4. The first-order valence-corrected chi connectivity index (χ1v) is 24.6. The zero-order chi connectivity index (χ0) is 45.5. The van der Waals surface area contributed by atoms with Gasteiger partial charge in [-0.3, -0.25) is 0 Å². The Kier molecular flexibility index (Phi) is 9.05. The molecule has 0 spiro atoms. The van der Waals surface area contributed by atoms with Crippen LogP contribution in [0.3, 0.4) is 0 Å². The molecule has 0 bridgehead atoms. The molecule has 1 aliphatic rings. The average molecular weight is 894 g/mol. The minimum atomic E-state index is -0.516. The fourth-order valence-electron chi connectivity index (χ4n) is 11.7. The lowest BCUT2D eigenvalue weighted by Gasteiger charge is -2.35. The third-order valence-electron chi connectivity index (χ3n) is 14.7. The highest BCUT2D eigenvalue weighted by Gasteiger charge is 2.46. The van der Waals surface area contributed by atoms with Gasteiger partial charge in [-0.05, 0) is 136 Å². The third kappa shape index (κ3) is 6.09. The molecule has 0 saturated carbocycles. The molecule has 1 heterocycles. The van der Waals surface area contributed by atoms with Crippen LogP contribution in [-0.2, 0) is 5.41 Å². The summed E-state index contributed by atoms with van der Waals surface area (Å²) in [5.74, 6) is 0. The van der Waals surface area contributed by atoms with Gasteiger partial charge in [0, 0.05) is 37.2 Å². The predicted octanol–water partition coefficient (Wildman–Crippen LogP) is 18.7. The topological polar surface area (TPSA) is 3.24 Å². The van der Waals surface area contributed by atoms with Crippen LogP contribution in [0.25, 0.3) is 85.9 Å². The molecule has 13 aromatic rings. The number of hydrogen-bond acceptors (Lipinski definition) is 2. The van der Waals surface area contributed by atoms with E-state index in [0.29, 0.717) is 0 Å². The maximum Gasteiger partial charge on any atom is 0.0714 e. The summed E-state index contributed by atoms with van der Waals surface area (Å²) in [5, 5.41) is 10.3. The van der Waals surface area contributed by atoms with E-state index in [9.17, 15) is 0 Å². The molecule has 69 heavy (non-hydrogen) atoms. The van der Waals surface area contributed by atoms with Crippen molar-refractivity contribution in [1.29, 1.82) is 0 Å². The van der Waals surface area contributed by atoms with Crippen molar-refractivity contribution in [3.05, 3.63) is 283 Å². The highest BCUT2D eigenvalue weighted by molar-refractivity contribution is 7.26. The second-order valence-electron chi connectivity index (χ2n) is 18.3. The lowest BCUT2D eigenvalue weighted by Crippen LogP contribution is -2.28. The van der Waals surface area contributed by atoms with Gasteiger partial charge in [0.25, 0.3) is 0 Å². The highest BCUT2D eigenvalue weighted by Crippen LogP contribution is 2.57. The summed E-state index contributed by atoms with van der Waals surface area (Å²) >= 11 is 1.88. The minimum absolute atomic E-state index is 0.516. The van der Waals surface area contributed by atoms with Crippen LogP contribution in [0.15, 0.2) is 261 Å². The van der Waals surface area contributed by atoms with Gasteiger partial charge in [0.05, 0.1) is 5.41 Å². The Balaban J connectivity index is 0.941. The van der Waals surface area contributed by atoms with Crippen molar-refractivity contribution in [3.8, 4) is 33.4 Å². The molecule has 14 rings (SSSR count). The number of thiophene rings is 1. The molecule has 0 radical (unpaired) electrons. The Morgan fingerprint density at radius 1 is 0.275 bits per heavy atom. The van der Waals surface area contributed by atoms with Crippen molar-refractivity contribution < 1.29 is 0 Å². The molecule has 0 amide bonds. The van der Waals surface area contributed by atoms with E-state index in [1.807, 2.05) is 11.3 Å². The van der Waals surface area contributed by atoms with E-state index in [-0.39, 0.29) is 0 Å². The van der Waals surface area contributed by atoms with E-state index in [4.69, 9.17) is 0 Å². The van der Waals surface area contributed by atoms with Crippen LogP contribution in [0.5, 0.6) is 0 Å². The van der Waals surface area contributed by atoms with Gasteiger partial charge in [0.1, 0.15) is 0 Å². The maximum absolute atomic E-state index is 2.47. The summed E-state index contributed by atoms with van der Waals surface area (Å²) in [6.45, 7) is 0. The van der Waals surface area contributed by atoms with Gasteiger partial charge in [-0.1, -0.05) is 212 Å². The summed E-state index contributed by atoms with van der Waals surface area (Å²) in [5.41, 5.74) is 15.3. The Morgan fingerprint density at radius 2 is 0.754 bits per heavy atom. The van der Waals surface area contributed by atoms with E-state index in [1.165, 1.54) is 108 Å². The molecule has 2 heteroatoms. The summed E-state index contributed by atoms with van der Waals surface area (Å²) in [4.78, 5) is 2.44. The molecule has 0 aliphatic heterocycles. The third-order valence-corrected chi connectivity index (χ3v) is 16.0. The Bertz CT molecular complexity index is 4040. The largest absolute Gasteiger partial charge is 0.310 e. The molecule has 0 unspecified atom stereocenters. The van der Waals surface area contributed by atoms with Crippen molar-refractivity contribution in [2.45, 2.75) is 5.41 Å². The Hall–Kier alpha value is -8.56. The van der Waals surface area contributed by atoms with E-state index in [2.05, 4.69) is 266 Å². The van der Waals surface area contributed by atoms with Crippen LogP contribution in [0.2, 0.25) is 0 Å². The zero-order valence-corrected chi connectivity index (χ0v) is 38.5. The van der Waals surface area contributed by atoms with Crippen molar-refractivity contribution in [2.24, 2.45) is 0 Å². The Morgan fingerprint density at radius 3 is 1.42 bits per heavy atom. The molecule has 12 aromatic carbocycles. The van der Waals surface area contributed by atoms with Crippen molar-refractivity contribution in [3.63, 3.8) is 0 Å². The summed E-state index contributed by atoms with van der Waals surface area (Å²) in [6.07, 6.45) is 0. The van der Waals surface area contributed by atoms with E-state index < -0.39 is 5.41 Å². The molecular weight excluding hydrogens is 851 g/mol. The van der Waals surface area contributed by atoms with Gasteiger partial charge < -0.3 is 4.90 Å². The van der Waals surface area contributed by atoms with Gasteiger partial charge in [-0.2, -0.15) is 0 Å². The number of anilines is 3. The van der Waals surface area contributed by atoms with E-state index in [1.54, 1.807) is 0 Å². The molecule has 0 saturated heterocycles. The number of benzene rings is 12. The van der Waals surface area contributed by atoms with Gasteiger partial charge >= 0.3 is 0 Å². The van der Waals surface area contributed by atoms with Gasteiger partial charge in [-0.15, -0.1) is 11.3 Å². The van der Waals surface area contributed by atoms with E-state index in [0.717, 1.165) is 17.1 Å². The van der Waals surface area contributed by atoms with Crippen LogP contribution in [0, 0.1) is 0 Å². The standard InChI is InChI=1S/C67H43NS/c1-3-16-47(17-4-1)67(48-18-5-2-6-19-48)63-28-13-11-24-58(63)59-41-39-51(43-64(59)67)68(50-37-32-45(33-38-50)52-26-15-27-61-60-25-12-14-29-65(60)69-66(52)61)49-35-30-44(31-36-49)46-34-40-57-55-22-8-7-20-53(55)54-21-9-10-23-56(54)62(57)42-46/h1-43H. The number of fused-ring (bicyclic) bond motifs is 12. The maximum atomic E-state index is 2.47. The van der Waals surface area contributed by atoms with Crippen LogP contribution in [0.1, 0.15) is 22.3 Å².